The van der Waals surface area contributed by atoms with Crippen LogP contribution in [0.4, 0.5) is 0 Å². The topological polar surface area (TPSA) is 71.7 Å². The van der Waals surface area contributed by atoms with Crippen LogP contribution in [0.15, 0.2) is 0 Å². The molecule has 8 atom stereocenters. The van der Waals surface area contributed by atoms with Gasteiger partial charge in [0.15, 0.2) is 0 Å². The van der Waals surface area contributed by atoms with Gasteiger partial charge >= 0.3 is 0 Å². The lowest BCUT2D eigenvalue weighted by molar-refractivity contribution is -0.135. The van der Waals surface area contributed by atoms with Gasteiger partial charge in [0.25, 0.3) is 0 Å². The molecule has 5 aliphatic heterocycles. The van der Waals surface area contributed by atoms with Crippen LogP contribution in [0.2, 0.25) is 0 Å². The summed E-state index contributed by atoms with van der Waals surface area (Å²) in [6.07, 6.45) is 20.5. The summed E-state index contributed by atoms with van der Waals surface area (Å²) in [5.41, 5.74) is 1.74. The van der Waals surface area contributed by atoms with Crippen molar-refractivity contribution >= 4 is 17.9 Å². The number of amides is 1. The lowest BCUT2D eigenvalue weighted by Gasteiger charge is -2.49. The van der Waals surface area contributed by atoms with E-state index in [4.69, 9.17) is 0 Å². The Morgan fingerprint density at radius 2 is 1.76 bits per heavy atom. The van der Waals surface area contributed by atoms with E-state index in [-0.39, 0.29) is 17.6 Å². The molecule has 41 heavy (non-hydrogen) atoms. The third kappa shape index (κ3) is 5.03. The average Bonchev–Trinajstić information content (AvgIpc) is 3.91. The summed E-state index contributed by atoms with van der Waals surface area (Å²) < 4.78 is 3.83. The molecular formula is C33H56N6OS. The highest BCUT2D eigenvalue weighted by Gasteiger charge is 2.85. The number of carbonyl (C=O) groups excluding carboxylic acids is 1. The first-order chi connectivity index (χ1) is 19.9. The predicted molar refractivity (Wildman–Crippen MR) is 166 cm³/mol. The highest BCUT2D eigenvalue weighted by atomic mass is 32.2. The van der Waals surface area contributed by atoms with Gasteiger partial charge in [-0.3, -0.25) is 25.1 Å². The number of fused-ring (bicyclic) bond motifs is 7. The Bertz CT molecular complexity index is 980. The molecule has 0 aromatic rings. The Balaban J connectivity index is 0.934. The summed E-state index contributed by atoms with van der Waals surface area (Å²) in [4.78, 5) is 18.9. The van der Waals surface area contributed by atoms with Gasteiger partial charge in [0.1, 0.15) is 0 Å². The van der Waals surface area contributed by atoms with E-state index in [0.29, 0.717) is 29.5 Å². The van der Waals surface area contributed by atoms with Gasteiger partial charge in [-0.1, -0.05) is 11.9 Å². The second-order valence-corrected chi connectivity index (χ2v) is 17.3. The van der Waals surface area contributed by atoms with E-state index >= 15 is 0 Å². The van der Waals surface area contributed by atoms with Crippen molar-refractivity contribution in [3.8, 4) is 0 Å². The van der Waals surface area contributed by atoms with Crippen molar-refractivity contribution in [3.05, 3.63) is 0 Å². The third-order valence-electron chi connectivity index (χ3n) is 13.4. The number of nitrogens with one attached hydrogen (secondary N) is 4. The van der Waals surface area contributed by atoms with Gasteiger partial charge in [-0.15, -0.1) is 0 Å². The molecule has 230 valence electrons. The van der Waals surface area contributed by atoms with Crippen LogP contribution < -0.4 is 20.7 Å². The third-order valence-corrected chi connectivity index (χ3v) is 14.4. The van der Waals surface area contributed by atoms with Gasteiger partial charge in [0.2, 0.25) is 5.91 Å². The fourth-order valence-corrected chi connectivity index (χ4v) is 12.0. The van der Waals surface area contributed by atoms with Crippen LogP contribution >= 0.6 is 11.9 Å². The Kier molecular flexibility index (Phi) is 7.28. The highest BCUT2D eigenvalue weighted by Crippen LogP contribution is 2.93. The van der Waals surface area contributed by atoms with Gasteiger partial charge in [0.05, 0.1) is 23.9 Å². The summed E-state index contributed by atoms with van der Waals surface area (Å²) in [6.45, 7) is 9.24. The van der Waals surface area contributed by atoms with Crippen LogP contribution in [-0.2, 0) is 4.79 Å². The summed E-state index contributed by atoms with van der Waals surface area (Å²) in [7, 11) is 0. The lowest BCUT2D eigenvalue weighted by atomic mass is 9.89. The molecule has 1 amide bonds. The quantitative estimate of drug-likeness (QED) is 0.360. The van der Waals surface area contributed by atoms with Crippen LogP contribution in [-0.4, -0.2) is 71.3 Å². The molecule has 0 radical (unpaired) electrons. The van der Waals surface area contributed by atoms with Crippen molar-refractivity contribution in [1.29, 1.82) is 0 Å². The van der Waals surface area contributed by atoms with Crippen LogP contribution in [0.3, 0.4) is 0 Å². The van der Waals surface area contributed by atoms with Crippen molar-refractivity contribution in [1.82, 2.24) is 30.5 Å². The Labute approximate surface area is 253 Å². The maximum Gasteiger partial charge on any atom is 0.226 e. The Morgan fingerprint density at radius 3 is 2.56 bits per heavy atom. The molecule has 0 aromatic carbocycles. The molecule has 5 heterocycles. The first kappa shape index (κ1) is 28.1. The molecule has 8 rings (SSSR count). The molecule has 8 fully saturated rings. The molecular weight excluding hydrogens is 528 g/mol. The van der Waals surface area contributed by atoms with Gasteiger partial charge in [-0.25, -0.2) is 0 Å². The SMILES string of the molecule is CC1(C)C[C@@H]2CCCNC3CCCC(N3)SNCC3CCC(N4CCC(CCC5C6(CC6)C56CC6)C4=O)NC3N1C2. The smallest absolute Gasteiger partial charge is 0.226 e. The van der Waals surface area contributed by atoms with Gasteiger partial charge in [-0.2, -0.15) is 0 Å². The maximum atomic E-state index is 13.8. The molecule has 8 heteroatoms. The Morgan fingerprint density at radius 1 is 0.927 bits per heavy atom. The molecule has 7 unspecified atom stereocenters. The summed E-state index contributed by atoms with van der Waals surface area (Å²) in [6, 6.07) is 0. The normalized spacial score (nSPS) is 44.8. The average molecular weight is 585 g/mol. The van der Waals surface area contributed by atoms with Gasteiger partial charge in [-0.05, 0) is 139 Å². The number of nitrogens with zero attached hydrogens (tertiary/aromatic N) is 2. The number of hydrogen-bond acceptors (Lipinski definition) is 7. The molecule has 8 aliphatic rings. The monoisotopic (exact) mass is 584 g/mol. The standard InChI is InChI=1S/C33H56N6OS/c1-31(2)19-22-5-4-17-34-26-6-3-7-28(36-26)41-35-20-24-9-11-27(37-29(24)39(31)21-22)38-18-12-23(30(38)40)8-10-25-32(13-14-32)33(25)15-16-33/h22-29,34-37H,3-21H2,1-2H3/t22-,23?,24?,26?,27?,28?,29?/m0/s1. The molecule has 3 aliphatic carbocycles. The predicted octanol–water partition coefficient (Wildman–Crippen LogP) is 4.60. The van der Waals surface area contributed by atoms with Crippen LogP contribution in [0, 0.1) is 34.5 Å². The largest absolute Gasteiger partial charge is 0.327 e. The number of carbonyl (C=O) groups is 1. The fraction of sp³-hybridized carbons (Fsp3) is 0.970. The van der Waals surface area contributed by atoms with E-state index < -0.39 is 0 Å². The molecule has 4 bridgehead atoms. The molecule has 7 nitrogen and oxygen atoms in total. The van der Waals surface area contributed by atoms with Crippen molar-refractivity contribution in [3.63, 3.8) is 0 Å². The van der Waals surface area contributed by atoms with Crippen molar-refractivity contribution in [2.24, 2.45) is 34.5 Å². The van der Waals surface area contributed by atoms with E-state index in [2.05, 4.69) is 44.3 Å². The summed E-state index contributed by atoms with van der Waals surface area (Å²) >= 11 is 1.92. The minimum absolute atomic E-state index is 0.192. The van der Waals surface area contributed by atoms with Crippen molar-refractivity contribution in [2.75, 3.05) is 26.2 Å². The van der Waals surface area contributed by atoms with E-state index in [1.165, 1.54) is 83.6 Å². The second-order valence-electron chi connectivity index (χ2n) is 16.2. The maximum absolute atomic E-state index is 13.8. The Hall–Kier alpha value is -0.380. The van der Waals surface area contributed by atoms with E-state index in [1.54, 1.807) is 0 Å². The zero-order valence-electron chi connectivity index (χ0n) is 25.8. The highest BCUT2D eigenvalue weighted by molar-refractivity contribution is 7.98. The zero-order valence-corrected chi connectivity index (χ0v) is 26.6. The first-order valence-electron chi connectivity index (χ1n) is 17.6. The number of rotatable bonds is 4. The first-order valence-corrected chi connectivity index (χ1v) is 18.5. The number of hydrogen-bond donors (Lipinski definition) is 4. The van der Waals surface area contributed by atoms with Crippen molar-refractivity contribution < 1.29 is 4.79 Å². The second kappa shape index (κ2) is 10.6. The van der Waals surface area contributed by atoms with Gasteiger partial charge in [0, 0.05) is 37.0 Å². The molecule has 5 saturated heterocycles. The minimum Gasteiger partial charge on any atom is -0.327 e. The molecule has 2 spiro atoms. The van der Waals surface area contributed by atoms with E-state index in [0.717, 1.165) is 61.6 Å². The minimum atomic E-state index is 0.192. The van der Waals surface area contributed by atoms with Crippen LogP contribution in [0.5, 0.6) is 0 Å². The van der Waals surface area contributed by atoms with Gasteiger partial charge < -0.3 is 10.2 Å². The molecule has 0 aromatic heterocycles. The van der Waals surface area contributed by atoms with Crippen molar-refractivity contribution in [2.45, 2.75) is 140 Å². The fourth-order valence-electron chi connectivity index (χ4n) is 11.0. The summed E-state index contributed by atoms with van der Waals surface area (Å²) in [5.74, 6) is 3.04. The van der Waals surface area contributed by atoms with E-state index in [9.17, 15) is 4.79 Å². The molecule has 3 saturated carbocycles. The number of piperidine rings is 2. The van der Waals surface area contributed by atoms with Crippen LogP contribution in [0.1, 0.15) is 110 Å². The summed E-state index contributed by atoms with van der Waals surface area (Å²) in [5, 5.41) is 12.3. The number of likely N-dealkylation sites (tertiary alicyclic amines) is 1. The molecule has 4 N–H and O–H groups in total. The zero-order chi connectivity index (χ0) is 27.8. The lowest BCUT2D eigenvalue weighted by Crippen LogP contribution is -2.65. The van der Waals surface area contributed by atoms with Crippen LogP contribution in [0.25, 0.3) is 0 Å². The van der Waals surface area contributed by atoms with E-state index in [1.807, 2.05) is 11.9 Å².